The van der Waals surface area contributed by atoms with E-state index in [-0.39, 0.29) is 18.4 Å². The van der Waals surface area contributed by atoms with Crippen molar-refractivity contribution in [1.82, 2.24) is 4.90 Å². The van der Waals surface area contributed by atoms with E-state index in [1.807, 2.05) is 24.3 Å². The van der Waals surface area contributed by atoms with Gasteiger partial charge >= 0.3 is 0 Å². The van der Waals surface area contributed by atoms with Crippen LogP contribution < -0.4 is 10.6 Å². The number of halogens is 2. The molecule has 0 heterocycles. The van der Waals surface area contributed by atoms with E-state index >= 15 is 0 Å². The molecule has 0 aliphatic carbocycles. The van der Waals surface area contributed by atoms with Gasteiger partial charge in [-0.3, -0.25) is 14.5 Å². The predicted molar refractivity (Wildman–Crippen MR) is 105 cm³/mol. The molecule has 0 spiro atoms. The SMILES string of the molecule is CC(C(=O)Nc1ccc(Br)cc1)N(C)CC(=O)Nc1ccc(Cl)cc1. The number of hydrogen-bond donors (Lipinski definition) is 2. The Morgan fingerprint density at radius 2 is 1.56 bits per heavy atom. The first-order valence-electron chi connectivity index (χ1n) is 7.67. The minimum absolute atomic E-state index is 0.0948. The van der Waals surface area contributed by atoms with E-state index in [4.69, 9.17) is 11.6 Å². The van der Waals surface area contributed by atoms with Crippen molar-refractivity contribution in [1.29, 1.82) is 0 Å². The van der Waals surface area contributed by atoms with Gasteiger partial charge in [0.15, 0.2) is 0 Å². The predicted octanol–water partition coefficient (Wildman–Crippen LogP) is 4.00. The first-order valence-corrected chi connectivity index (χ1v) is 8.84. The summed E-state index contributed by atoms with van der Waals surface area (Å²) in [6.45, 7) is 1.85. The third-order valence-corrected chi connectivity index (χ3v) is 4.45. The molecule has 0 saturated carbocycles. The third-order valence-electron chi connectivity index (χ3n) is 3.67. The Hall–Kier alpha value is -1.89. The highest BCUT2D eigenvalue weighted by atomic mass is 79.9. The highest BCUT2D eigenvalue weighted by molar-refractivity contribution is 9.10. The second kappa shape index (κ2) is 8.99. The molecule has 0 radical (unpaired) electrons. The monoisotopic (exact) mass is 423 g/mol. The lowest BCUT2D eigenvalue weighted by molar-refractivity contribution is -0.122. The Morgan fingerprint density at radius 1 is 1.04 bits per heavy atom. The number of nitrogens with zero attached hydrogens (tertiary/aromatic N) is 1. The number of hydrogen-bond acceptors (Lipinski definition) is 3. The molecule has 7 heteroatoms. The molecule has 0 aliphatic heterocycles. The third kappa shape index (κ3) is 6.16. The van der Waals surface area contributed by atoms with Gasteiger partial charge in [0.1, 0.15) is 0 Å². The van der Waals surface area contributed by atoms with Crippen LogP contribution in [0.2, 0.25) is 5.02 Å². The van der Waals surface area contributed by atoms with Crippen LogP contribution in [0.4, 0.5) is 11.4 Å². The van der Waals surface area contributed by atoms with Crippen LogP contribution in [-0.2, 0) is 9.59 Å². The molecule has 5 nitrogen and oxygen atoms in total. The van der Waals surface area contributed by atoms with E-state index in [0.717, 1.165) is 4.47 Å². The zero-order valence-electron chi connectivity index (χ0n) is 13.9. The lowest BCUT2D eigenvalue weighted by atomic mass is 10.2. The number of anilines is 2. The second-order valence-corrected chi connectivity index (χ2v) is 6.99. The number of carbonyl (C=O) groups is 2. The molecular formula is C18H19BrClN3O2. The first-order chi connectivity index (χ1) is 11.8. The Bertz CT molecular complexity index is 735. The molecule has 0 aliphatic rings. The van der Waals surface area contributed by atoms with Gasteiger partial charge in [-0.2, -0.15) is 0 Å². The Kier molecular flexibility index (Phi) is 6.99. The highest BCUT2D eigenvalue weighted by Crippen LogP contribution is 2.15. The van der Waals surface area contributed by atoms with Crippen LogP contribution in [0.1, 0.15) is 6.92 Å². The zero-order chi connectivity index (χ0) is 18.4. The normalized spacial score (nSPS) is 11.9. The van der Waals surface area contributed by atoms with Crippen molar-refractivity contribution in [3.8, 4) is 0 Å². The maximum atomic E-state index is 12.3. The first kappa shape index (κ1) is 19.4. The number of rotatable bonds is 6. The summed E-state index contributed by atoms with van der Waals surface area (Å²) >= 11 is 9.17. The summed E-state index contributed by atoms with van der Waals surface area (Å²) in [7, 11) is 1.73. The number of nitrogens with one attached hydrogen (secondary N) is 2. The van der Waals surface area contributed by atoms with Crippen molar-refractivity contribution in [2.45, 2.75) is 13.0 Å². The van der Waals surface area contributed by atoms with Crippen molar-refractivity contribution >= 4 is 50.7 Å². The van der Waals surface area contributed by atoms with Crippen LogP contribution in [-0.4, -0.2) is 36.3 Å². The van der Waals surface area contributed by atoms with Crippen molar-refractivity contribution < 1.29 is 9.59 Å². The van der Waals surface area contributed by atoms with Gasteiger partial charge in [0.2, 0.25) is 11.8 Å². The van der Waals surface area contributed by atoms with Crippen LogP contribution in [0.5, 0.6) is 0 Å². The molecule has 25 heavy (non-hydrogen) atoms. The molecule has 1 unspecified atom stereocenters. The molecule has 2 rings (SSSR count). The van der Waals surface area contributed by atoms with Gasteiger partial charge in [-0.15, -0.1) is 0 Å². The average molecular weight is 425 g/mol. The maximum Gasteiger partial charge on any atom is 0.241 e. The largest absolute Gasteiger partial charge is 0.325 e. The summed E-state index contributed by atoms with van der Waals surface area (Å²) in [5.41, 5.74) is 1.37. The van der Waals surface area contributed by atoms with Gasteiger partial charge in [-0.25, -0.2) is 0 Å². The van der Waals surface area contributed by atoms with Gasteiger partial charge in [0, 0.05) is 20.9 Å². The fraction of sp³-hybridized carbons (Fsp3) is 0.222. The van der Waals surface area contributed by atoms with E-state index in [9.17, 15) is 9.59 Å². The molecule has 2 aromatic rings. The molecule has 132 valence electrons. The van der Waals surface area contributed by atoms with Gasteiger partial charge in [0.05, 0.1) is 12.6 Å². The molecular weight excluding hydrogens is 406 g/mol. The van der Waals surface area contributed by atoms with E-state index in [2.05, 4.69) is 26.6 Å². The minimum Gasteiger partial charge on any atom is -0.325 e. The van der Waals surface area contributed by atoms with Crippen molar-refractivity contribution in [2.24, 2.45) is 0 Å². The lowest BCUT2D eigenvalue weighted by Gasteiger charge is -2.23. The fourth-order valence-corrected chi connectivity index (χ4v) is 2.47. The van der Waals surface area contributed by atoms with Crippen LogP contribution in [0.3, 0.4) is 0 Å². The van der Waals surface area contributed by atoms with Gasteiger partial charge in [-0.05, 0) is 62.5 Å². The number of benzene rings is 2. The highest BCUT2D eigenvalue weighted by Gasteiger charge is 2.20. The van der Waals surface area contributed by atoms with Crippen molar-refractivity contribution in [3.05, 3.63) is 58.0 Å². The lowest BCUT2D eigenvalue weighted by Crippen LogP contribution is -2.43. The van der Waals surface area contributed by atoms with Gasteiger partial charge < -0.3 is 10.6 Å². The number of amides is 2. The topological polar surface area (TPSA) is 61.4 Å². The Balaban J connectivity index is 1.86. The zero-order valence-corrected chi connectivity index (χ0v) is 16.3. The van der Waals surface area contributed by atoms with Gasteiger partial charge in [0.25, 0.3) is 0 Å². The summed E-state index contributed by atoms with van der Waals surface area (Å²) in [5.74, 6) is -0.378. The molecule has 2 aromatic carbocycles. The van der Waals surface area contributed by atoms with Crippen LogP contribution in [0.25, 0.3) is 0 Å². The molecule has 0 saturated heterocycles. The smallest absolute Gasteiger partial charge is 0.241 e. The van der Waals surface area contributed by atoms with Crippen molar-refractivity contribution in [2.75, 3.05) is 24.2 Å². The molecule has 0 fully saturated rings. The summed E-state index contributed by atoms with van der Waals surface area (Å²) in [6.07, 6.45) is 0. The average Bonchev–Trinajstić information content (AvgIpc) is 2.58. The van der Waals surface area contributed by atoms with Crippen LogP contribution in [0.15, 0.2) is 53.0 Å². The molecule has 0 aromatic heterocycles. The van der Waals surface area contributed by atoms with Crippen LogP contribution in [0, 0.1) is 0 Å². The quantitative estimate of drug-likeness (QED) is 0.737. The van der Waals surface area contributed by atoms with Gasteiger partial charge in [-0.1, -0.05) is 27.5 Å². The molecule has 2 amide bonds. The summed E-state index contributed by atoms with van der Waals surface area (Å²) in [5, 5.41) is 6.21. The Morgan fingerprint density at radius 3 is 2.16 bits per heavy atom. The maximum absolute atomic E-state index is 12.3. The summed E-state index contributed by atoms with van der Waals surface area (Å²) in [4.78, 5) is 26.1. The fourth-order valence-electron chi connectivity index (χ4n) is 2.08. The Labute approximate surface area is 160 Å². The minimum atomic E-state index is -0.459. The summed E-state index contributed by atoms with van der Waals surface area (Å²) in [6, 6.07) is 13.7. The molecule has 2 N–H and O–H groups in total. The van der Waals surface area contributed by atoms with Crippen molar-refractivity contribution in [3.63, 3.8) is 0 Å². The van der Waals surface area contributed by atoms with E-state index in [1.54, 1.807) is 43.1 Å². The summed E-state index contributed by atoms with van der Waals surface area (Å²) < 4.78 is 0.939. The van der Waals surface area contributed by atoms with E-state index in [1.165, 1.54) is 0 Å². The van der Waals surface area contributed by atoms with Crippen LogP contribution >= 0.6 is 27.5 Å². The van der Waals surface area contributed by atoms with E-state index < -0.39 is 6.04 Å². The number of likely N-dealkylation sites (N-methyl/N-ethyl adjacent to an activating group) is 1. The standard InChI is InChI=1S/C18H19BrClN3O2/c1-12(18(25)22-16-7-3-13(19)4-8-16)23(2)11-17(24)21-15-9-5-14(20)6-10-15/h3-10,12H,11H2,1-2H3,(H,21,24)(H,22,25). The number of carbonyl (C=O) groups excluding carboxylic acids is 2. The molecule has 0 bridgehead atoms. The second-order valence-electron chi connectivity index (χ2n) is 5.64. The van der Waals surface area contributed by atoms with E-state index in [0.29, 0.717) is 16.4 Å². The molecule has 1 atom stereocenters.